The minimum Gasteiger partial charge on any atom is -0.434 e. The molecule has 0 spiro atoms. The number of rotatable bonds is 5. The Morgan fingerprint density at radius 3 is 2.37 bits per heavy atom. The summed E-state index contributed by atoms with van der Waals surface area (Å²) in [5.74, 6) is -0.529. The SMILES string of the molecule is CC(C)OC(C)OC(=O)OCC1COC(C)(C)OC1. The molecule has 0 N–H and O–H groups in total. The molecule has 0 amide bonds. The summed E-state index contributed by atoms with van der Waals surface area (Å²) >= 11 is 0. The van der Waals surface area contributed by atoms with Crippen LogP contribution in [-0.4, -0.2) is 44.2 Å². The lowest BCUT2D eigenvalue weighted by atomic mass is 10.1. The normalized spacial score (nSPS) is 21.2. The monoisotopic (exact) mass is 276 g/mol. The van der Waals surface area contributed by atoms with Crippen LogP contribution in [-0.2, 0) is 23.7 Å². The summed E-state index contributed by atoms with van der Waals surface area (Å²) in [6.45, 7) is 10.3. The number of hydrogen-bond acceptors (Lipinski definition) is 6. The Morgan fingerprint density at radius 2 is 1.84 bits per heavy atom. The third-order valence-corrected chi connectivity index (χ3v) is 2.50. The van der Waals surface area contributed by atoms with E-state index in [1.54, 1.807) is 6.92 Å². The van der Waals surface area contributed by atoms with Crippen molar-refractivity contribution in [3.63, 3.8) is 0 Å². The van der Waals surface area contributed by atoms with E-state index in [1.165, 1.54) is 0 Å². The van der Waals surface area contributed by atoms with Crippen LogP contribution < -0.4 is 0 Å². The molecule has 0 aromatic heterocycles. The average molecular weight is 276 g/mol. The van der Waals surface area contributed by atoms with Gasteiger partial charge in [0.05, 0.1) is 19.3 Å². The number of carbonyl (C=O) groups excluding carboxylic acids is 1. The smallest absolute Gasteiger partial charge is 0.434 e. The van der Waals surface area contributed by atoms with Gasteiger partial charge in [-0.1, -0.05) is 0 Å². The van der Waals surface area contributed by atoms with E-state index in [1.807, 2.05) is 27.7 Å². The van der Waals surface area contributed by atoms with Gasteiger partial charge in [0.2, 0.25) is 6.29 Å². The lowest BCUT2D eigenvalue weighted by Crippen LogP contribution is -2.41. The van der Waals surface area contributed by atoms with Gasteiger partial charge in [-0.2, -0.15) is 0 Å². The predicted molar refractivity (Wildman–Crippen MR) is 67.6 cm³/mol. The van der Waals surface area contributed by atoms with Crippen LogP contribution in [0.15, 0.2) is 0 Å². The molecule has 112 valence electrons. The molecule has 0 radical (unpaired) electrons. The summed E-state index contributed by atoms with van der Waals surface area (Å²) in [6.07, 6.45) is -1.37. The highest BCUT2D eigenvalue weighted by Gasteiger charge is 2.29. The van der Waals surface area contributed by atoms with E-state index in [-0.39, 0.29) is 18.6 Å². The maximum absolute atomic E-state index is 11.4. The third kappa shape index (κ3) is 6.75. The van der Waals surface area contributed by atoms with Crippen molar-refractivity contribution >= 4 is 6.16 Å². The minimum absolute atomic E-state index is 0.00910. The summed E-state index contributed by atoms with van der Waals surface area (Å²) in [5, 5.41) is 0. The van der Waals surface area contributed by atoms with Crippen LogP contribution in [0.2, 0.25) is 0 Å². The van der Waals surface area contributed by atoms with Gasteiger partial charge < -0.3 is 23.7 Å². The molecule has 0 aliphatic carbocycles. The van der Waals surface area contributed by atoms with Gasteiger partial charge in [-0.3, -0.25) is 0 Å². The molecule has 0 bridgehead atoms. The molecule has 1 aliphatic heterocycles. The first-order chi connectivity index (χ1) is 8.78. The Bertz CT molecular complexity index is 279. The van der Waals surface area contributed by atoms with Crippen molar-refractivity contribution in [3.05, 3.63) is 0 Å². The van der Waals surface area contributed by atoms with Crippen molar-refractivity contribution in [2.45, 2.75) is 52.8 Å². The van der Waals surface area contributed by atoms with Crippen LogP contribution in [0, 0.1) is 5.92 Å². The van der Waals surface area contributed by atoms with Crippen molar-refractivity contribution < 1.29 is 28.5 Å². The van der Waals surface area contributed by atoms with Crippen LogP contribution in [0.1, 0.15) is 34.6 Å². The summed E-state index contributed by atoms with van der Waals surface area (Å²) in [4.78, 5) is 11.4. The summed E-state index contributed by atoms with van der Waals surface area (Å²) < 4.78 is 26.1. The van der Waals surface area contributed by atoms with Crippen LogP contribution >= 0.6 is 0 Å². The van der Waals surface area contributed by atoms with Crippen molar-refractivity contribution in [3.8, 4) is 0 Å². The highest BCUT2D eigenvalue weighted by molar-refractivity contribution is 5.59. The molecule has 1 aliphatic rings. The Hall–Kier alpha value is -0.850. The fraction of sp³-hybridized carbons (Fsp3) is 0.923. The van der Waals surface area contributed by atoms with Gasteiger partial charge in [-0.25, -0.2) is 4.79 Å². The first-order valence-electron chi connectivity index (χ1n) is 6.55. The molecular formula is C13H24O6. The van der Waals surface area contributed by atoms with Crippen molar-refractivity contribution in [2.75, 3.05) is 19.8 Å². The number of hydrogen-bond donors (Lipinski definition) is 0. The fourth-order valence-electron chi connectivity index (χ4n) is 1.59. The van der Waals surface area contributed by atoms with E-state index in [0.29, 0.717) is 13.2 Å². The topological polar surface area (TPSA) is 63.2 Å². The third-order valence-electron chi connectivity index (χ3n) is 2.50. The second-order valence-corrected chi connectivity index (χ2v) is 5.32. The number of carbonyl (C=O) groups is 1. The standard InChI is InChI=1S/C13H24O6/c1-9(2)18-10(3)19-12(14)15-6-11-7-16-13(4,5)17-8-11/h9-11H,6-8H2,1-5H3. The van der Waals surface area contributed by atoms with E-state index < -0.39 is 18.2 Å². The van der Waals surface area contributed by atoms with Gasteiger partial charge in [-0.05, 0) is 34.6 Å². The fourth-order valence-corrected chi connectivity index (χ4v) is 1.59. The van der Waals surface area contributed by atoms with Crippen molar-refractivity contribution in [1.29, 1.82) is 0 Å². The lowest BCUT2D eigenvalue weighted by Gasteiger charge is -2.34. The second kappa shape index (κ2) is 7.07. The first kappa shape index (κ1) is 16.2. The Labute approximate surface area is 114 Å². The molecule has 19 heavy (non-hydrogen) atoms. The molecular weight excluding hydrogens is 252 g/mol. The number of ether oxygens (including phenoxy) is 5. The summed E-state index contributed by atoms with van der Waals surface area (Å²) in [5.41, 5.74) is 0. The predicted octanol–water partition coefficient (Wildman–Crippen LogP) is 2.31. The highest BCUT2D eigenvalue weighted by Crippen LogP contribution is 2.20. The zero-order valence-electron chi connectivity index (χ0n) is 12.3. The van der Waals surface area contributed by atoms with E-state index >= 15 is 0 Å². The van der Waals surface area contributed by atoms with Gasteiger partial charge in [0.25, 0.3) is 0 Å². The van der Waals surface area contributed by atoms with Crippen LogP contribution in [0.25, 0.3) is 0 Å². The Morgan fingerprint density at radius 1 is 1.26 bits per heavy atom. The highest BCUT2D eigenvalue weighted by atomic mass is 16.8. The second-order valence-electron chi connectivity index (χ2n) is 5.32. The molecule has 0 aromatic rings. The molecule has 1 saturated heterocycles. The largest absolute Gasteiger partial charge is 0.510 e. The Kier molecular flexibility index (Phi) is 6.03. The maximum Gasteiger partial charge on any atom is 0.510 e. The van der Waals surface area contributed by atoms with Gasteiger partial charge in [0, 0.05) is 5.92 Å². The van der Waals surface area contributed by atoms with E-state index in [4.69, 9.17) is 23.7 Å². The van der Waals surface area contributed by atoms with Crippen LogP contribution in [0.5, 0.6) is 0 Å². The average Bonchev–Trinajstić information content (AvgIpc) is 2.26. The van der Waals surface area contributed by atoms with Crippen molar-refractivity contribution in [1.82, 2.24) is 0 Å². The van der Waals surface area contributed by atoms with Gasteiger partial charge >= 0.3 is 6.16 Å². The van der Waals surface area contributed by atoms with Gasteiger partial charge in [0.15, 0.2) is 5.79 Å². The zero-order chi connectivity index (χ0) is 14.5. The molecule has 0 saturated carbocycles. The molecule has 6 nitrogen and oxygen atoms in total. The molecule has 1 fully saturated rings. The molecule has 1 rings (SSSR count). The van der Waals surface area contributed by atoms with Gasteiger partial charge in [-0.15, -0.1) is 0 Å². The molecule has 1 atom stereocenters. The minimum atomic E-state index is -0.738. The molecule has 1 unspecified atom stereocenters. The van der Waals surface area contributed by atoms with E-state index in [9.17, 15) is 4.79 Å². The molecule has 0 aromatic carbocycles. The van der Waals surface area contributed by atoms with E-state index in [2.05, 4.69) is 0 Å². The van der Waals surface area contributed by atoms with Crippen LogP contribution in [0.3, 0.4) is 0 Å². The molecule has 1 heterocycles. The first-order valence-corrected chi connectivity index (χ1v) is 6.55. The lowest BCUT2D eigenvalue weighted by molar-refractivity contribution is -0.265. The van der Waals surface area contributed by atoms with Crippen molar-refractivity contribution in [2.24, 2.45) is 5.92 Å². The summed E-state index contributed by atoms with van der Waals surface area (Å²) in [6, 6.07) is 0. The molecule has 6 heteroatoms. The van der Waals surface area contributed by atoms with Gasteiger partial charge in [0.1, 0.15) is 6.61 Å². The van der Waals surface area contributed by atoms with Crippen LogP contribution in [0.4, 0.5) is 4.79 Å². The quantitative estimate of drug-likeness (QED) is 0.567. The van der Waals surface area contributed by atoms with E-state index in [0.717, 1.165) is 0 Å². The Balaban J connectivity index is 2.17. The maximum atomic E-state index is 11.4. The summed E-state index contributed by atoms with van der Waals surface area (Å²) in [7, 11) is 0. The zero-order valence-corrected chi connectivity index (χ0v) is 12.3.